The summed E-state index contributed by atoms with van der Waals surface area (Å²) in [7, 11) is 0. The third-order valence-corrected chi connectivity index (χ3v) is 5.41. The van der Waals surface area contributed by atoms with Gasteiger partial charge in [-0.15, -0.1) is 0 Å². The first-order valence-corrected chi connectivity index (χ1v) is 9.45. The topological polar surface area (TPSA) is 36.8 Å². The molecule has 1 amide bonds. The molecule has 1 aliphatic heterocycles. The third-order valence-electron chi connectivity index (χ3n) is 5.08. The summed E-state index contributed by atoms with van der Waals surface area (Å²) in [6.45, 7) is 4.92. The number of rotatable bonds is 4. The Balaban J connectivity index is 1.61. The molecule has 1 atom stereocenters. The number of hydrogen-bond acceptors (Lipinski definition) is 2. The number of piperazine rings is 1. The van der Waals surface area contributed by atoms with E-state index in [0.29, 0.717) is 0 Å². The van der Waals surface area contributed by atoms with Crippen LogP contribution in [-0.4, -0.2) is 38.1 Å². The number of benzene rings is 2. The highest BCUT2D eigenvalue weighted by Crippen LogP contribution is 2.33. The minimum absolute atomic E-state index is 0.0179. The van der Waals surface area contributed by atoms with Crippen molar-refractivity contribution in [3.05, 3.63) is 59.1 Å². The quantitative estimate of drug-likeness (QED) is 0.809. The molecule has 4 nitrogen and oxygen atoms in total. The van der Waals surface area contributed by atoms with Gasteiger partial charge in [-0.1, -0.05) is 29.8 Å². The van der Waals surface area contributed by atoms with Crippen LogP contribution in [-0.2, 0) is 11.0 Å². The summed E-state index contributed by atoms with van der Waals surface area (Å²) in [4.78, 5) is 15.9. The highest BCUT2D eigenvalue weighted by Gasteiger charge is 2.32. The molecule has 0 aliphatic carbocycles. The van der Waals surface area contributed by atoms with E-state index in [1.807, 2.05) is 18.2 Å². The molecule has 2 aromatic rings. The van der Waals surface area contributed by atoms with Gasteiger partial charge in [0.05, 0.1) is 42.5 Å². The van der Waals surface area contributed by atoms with Crippen molar-refractivity contribution in [1.29, 1.82) is 0 Å². The highest BCUT2D eigenvalue weighted by molar-refractivity contribution is 6.33. The number of nitrogens with one attached hydrogen (secondary N) is 2. The molecule has 3 rings (SSSR count). The average Bonchev–Trinajstić information content (AvgIpc) is 2.69. The number of amides is 1. The minimum atomic E-state index is -4.49. The van der Waals surface area contributed by atoms with Gasteiger partial charge in [-0.3, -0.25) is 4.79 Å². The first-order chi connectivity index (χ1) is 13.3. The number of anilines is 2. The number of nitrogens with zero attached hydrogens (tertiary/aromatic N) is 1. The molecule has 0 unspecified atom stereocenters. The number of para-hydroxylation sites is 1. The van der Waals surface area contributed by atoms with Crippen LogP contribution in [0.25, 0.3) is 0 Å². The summed E-state index contributed by atoms with van der Waals surface area (Å²) >= 11 is 5.97. The fourth-order valence-corrected chi connectivity index (χ4v) is 3.51. The number of carbonyl (C=O) groups is 1. The van der Waals surface area contributed by atoms with Gasteiger partial charge < -0.3 is 15.1 Å². The molecule has 150 valence electrons. The van der Waals surface area contributed by atoms with Gasteiger partial charge in [-0.2, -0.15) is 13.2 Å². The van der Waals surface area contributed by atoms with E-state index in [-0.39, 0.29) is 16.6 Å². The maximum Gasteiger partial charge on any atom is 0.416 e. The molecule has 0 saturated carbocycles. The Labute approximate surface area is 166 Å². The summed E-state index contributed by atoms with van der Waals surface area (Å²) in [6.07, 6.45) is -4.49. The van der Waals surface area contributed by atoms with Crippen LogP contribution in [0.1, 0.15) is 12.5 Å². The lowest BCUT2D eigenvalue weighted by Gasteiger charge is -2.36. The Hall–Kier alpha value is -2.25. The molecule has 2 aromatic carbocycles. The molecule has 0 aromatic heterocycles. The Morgan fingerprint density at radius 2 is 1.79 bits per heavy atom. The number of alkyl halides is 3. The lowest BCUT2D eigenvalue weighted by atomic mass is 10.1. The Morgan fingerprint density at radius 3 is 2.39 bits per heavy atom. The molecule has 28 heavy (non-hydrogen) atoms. The van der Waals surface area contributed by atoms with Crippen molar-refractivity contribution < 1.29 is 22.9 Å². The van der Waals surface area contributed by atoms with Crippen LogP contribution in [0.4, 0.5) is 24.5 Å². The molecule has 1 heterocycles. The van der Waals surface area contributed by atoms with Crippen molar-refractivity contribution in [3.63, 3.8) is 0 Å². The Morgan fingerprint density at radius 1 is 1.14 bits per heavy atom. The van der Waals surface area contributed by atoms with E-state index < -0.39 is 17.8 Å². The van der Waals surface area contributed by atoms with E-state index in [2.05, 4.69) is 22.3 Å². The summed E-state index contributed by atoms with van der Waals surface area (Å²) < 4.78 is 38.7. The van der Waals surface area contributed by atoms with Gasteiger partial charge in [0.15, 0.2) is 6.04 Å². The van der Waals surface area contributed by atoms with Gasteiger partial charge in [-0.05, 0) is 37.3 Å². The number of carbonyl (C=O) groups excluding carboxylic acids is 1. The molecule has 1 saturated heterocycles. The summed E-state index contributed by atoms with van der Waals surface area (Å²) in [5, 5.41) is 2.64. The second-order valence-electron chi connectivity index (χ2n) is 6.88. The fraction of sp³-hybridized carbons (Fsp3) is 0.350. The highest BCUT2D eigenvalue weighted by atomic mass is 35.5. The van der Waals surface area contributed by atoms with Gasteiger partial charge in [0, 0.05) is 5.69 Å². The van der Waals surface area contributed by atoms with Crippen molar-refractivity contribution in [2.75, 3.05) is 36.4 Å². The lowest BCUT2D eigenvalue weighted by Crippen LogP contribution is -3.19. The van der Waals surface area contributed by atoms with Crippen molar-refractivity contribution in [1.82, 2.24) is 0 Å². The SMILES string of the molecule is C[C@@H](C(=O)Nc1cc(C(F)(F)F)ccc1Cl)[NH+]1CCN(c2ccccc2)CC1. The minimum Gasteiger partial charge on any atom is -0.360 e. The predicted molar refractivity (Wildman–Crippen MR) is 104 cm³/mol. The largest absolute Gasteiger partial charge is 0.416 e. The molecule has 0 bridgehead atoms. The number of hydrogen-bond donors (Lipinski definition) is 2. The predicted octanol–water partition coefficient (Wildman–Crippen LogP) is 3.09. The van der Waals surface area contributed by atoms with Gasteiger partial charge in [0.25, 0.3) is 5.91 Å². The first-order valence-electron chi connectivity index (χ1n) is 9.08. The van der Waals surface area contributed by atoms with E-state index >= 15 is 0 Å². The first kappa shape index (κ1) is 20.5. The summed E-state index contributed by atoms with van der Waals surface area (Å²) in [5.41, 5.74) is 0.286. The van der Waals surface area contributed by atoms with Gasteiger partial charge in [0.1, 0.15) is 0 Å². The second-order valence-corrected chi connectivity index (χ2v) is 7.29. The molecular formula is C20H22ClF3N3O+. The van der Waals surface area contributed by atoms with Crippen LogP contribution in [0.2, 0.25) is 5.02 Å². The molecule has 2 N–H and O–H groups in total. The molecule has 1 aliphatic rings. The number of halogens is 4. The molecule has 8 heteroatoms. The lowest BCUT2D eigenvalue weighted by molar-refractivity contribution is -0.914. The van der Waals surface area contributed by atoms with Gasteiger partial charge in [0.2, 0.25) is 0 Å². The average molecular weight is 413 g/mol. The maximum atomic E-state index is 12.9. The van der Waals surface area contributed by atoms with Crippen molar-refractivity contribution >= 4 is 28.9 Å². The van der Waals surface area contributed by atoms with Crippen LogP contribution < -0.4 is 15.1 Å². The van der Waals surface area contributed by atoms with E-state index in [1.165, 1.54) is 0 Å². The van der Waals surface area contributed by atoms with E-state index in [9.17, 15) is 18.0 Å². The van der Waals surface area contributed by atoms with Crippen molar-refractivity contribution in [2.45, 2.75) is 19.1 Å². The van der Waals surface area contributed by atoms with Crippen LogP contribution in [0.3, 0.4) is 0 Å². The molecule has 1 fully saturated rings. The van der Waals surface area contributed by atoms with E-state index in [1.54, 1.807) is 6.92 Å². The summed E-state index contributed by atoms with van der Waals surface area (Å²) in [5.74, 6) is -0.343. The third kappa shape index (κ3) is 4.77. The fourth-order valence-electron chi connectivity index (χ4n) is 3.35. The monoisotopic (exact) mass is 412 g/mol. The van der Waals surface area contributed by atoms with Crippen LogP contribution in [0, 0.1) is 0 Å². The van der Waals surface area contributed by atoms with Crippen molar-refractivity contribution in [2.24, 2.45) is 0 Å². The van der Waals surface area contributed by atoms with Crippen LogP contribution in [0.5, 0.6) is 0 Å². The normalized spacial score (nSPS) is 16.7. The number of quaternary nitrogens is 1. The Kier molecular flexibility index (Phi) is 6.15. The van der Waals surface area contributed by atoms with Crippen LogP contribution >= 0.6 is 11.6 Å². The van der Waals surface area contributed by atoms with E-state index in [4.69, 9.17) is 11.6 Å². The zero-order chi connectivity index (χ0) is 20.3. The van der Waals surface area contributed by atoms with Gasteiger partial charge in [-0.25, -0.2) is 0 Å². The zero-order valence-corrected chi connectivity index (χ0v) is 16.1. The van der Waals surface area contributed by atoms with Gasteiger partial charge >= 0.3 is 6.18 Å². The van der Waals surface area contributed by atoms with Crippen LogP contribution in [0.15, 0.2) is 48.5 Å². The smallest absolute Gasteiger partial charge is 0.360 e. The maximum absolute atomic E-state index is 12.9. The molecular weight excluding hydrogens is 391 g/mol. The zero-order valence-electron chi connectivity index (χ0n) is 15.4. The Bertz CT molecular complexity index is 821. The summed E-state index contributed by atoms with van der Waals surface area (Å²) in [6, 6.07) is 12.6. The standard InChI is InChI=1S/C20H21ClF3N3O/c1-14(26-9-11-27(12-10-26)16-5-3-2-4-6-16)19(28)25-18-13-15(20(22,23)24)7-8-17(18)21/h2-8,13-14H,9-12H2,1H3,(H,25,28)/p+1/t14-/m0/s1. The van der Waals surface area contributed by atoms with E-state index in [0.717, 1.165) is 55.0 Å². The molecule has 0 radical (unpaired) electrons. The van der Waals surface area contributed by atoms with Crippen molar-refractivity contribution in [3.8, 4) is 0 Å². The second kappa shape index (κ2) is 8.41. The molecule has 0 spiro atoms.